The molecule has 0 heterocycles. The van der Waals surface area contributed by atoms with Crippen LogP contribution in [0.3, 0.4) is 0 Å². The first-order chi connectivity index (χ1) is 27.8. The average molecular weight is 709 g/mol. The molecule has 0 aromatic heterocycles. The number of hydrogen-bond donors (Lipinski definition) is 0. The molecule has 0 amide bonds. The van der Waals surface area contributed by atoms with Gasteiger partial charge in [-0.05, 0) is 140 Å². The van der Waals surface area contributed by atoms with E-state index in [-0.39, 0.29) is 0 Å². The predicted molar refractivity (Wildman–Crippen MR) is 241 cm³/mol. The molecule has 0 bridgehead atoms. The van der Waals surface area contributed by atoms with Gasteiger partial charge in [0.05, 0.1) is 0 Å². The highest BCUT2D eigenvalue weighted by Gasteiger charge is 2.20. The number of fused-ring (bicyclic) bond motifs is 5. The zero-order valence-corrected chi connectivity index (χ0v) is 30.8. The molecule has 0 radical (unpaired) electrons. The Morgan fingerprint density at radius 2 is 0.679 bits per heavy atom. The second-order valence-corrected chi connectivity index (χ2v) is 14.8. The first-order valence-corrected chi connectivity index (χ1v) is 19.4. The molecule has 0 saturated heterocycles. The van der Waals surface area contributed by atoms with E-state index >= 15 is 0 Å². The molecular formula is C56H36. The van der Waals surface area contributed by atoms with Crippen LogP contribution in [0.2, 0.25) is 0 Å². The number of hydrogen-bond acceptors (Lipinski definition) is 0. The Morgan fingerprint density at radius 3 is 1.41 bits per heavy atom. The molecule has 0 aliphatic rings. The van der Waals surface area contributed by atoms with Crippen molar-refractivity contribution in [2.45, 2.75) is 0 Å². The first-order valence-electron chi connectivity index (χ1n) is 19.4. The second kappa shape index (κ2) is 13.2. The molecule has 0 saturated carbocycles. The van der Waals surface area contributed by atoms with Gasteiger partial charge in [-0.2, -0.15) is 0 Å². The van der Waals surface area contributed by atoms with Gasteiger partial charge in [-0.25, -0.2) is 0 Å². The van der Waals surface area contributed by atoms with E-state index in [2.05, 4.69) is 218 Å². The van der Waals surface area contributed by atoms with E-state index in [1.54, 1.807) is 0 Å². The van der Waals surface area contributed by atoms with Gasteiger partial charge in [0.2, 0.25) is 0 Å². The third-order valence-electron chi connectivity index (χ3n) is 11.6. The van der Waals surface area contributed by atoms with Crippen molar-refractivity contribution in [3.8, 4) is 55.6 Å². The van der Waals surface area contributed by atoms with Gasteiger partial charge in [0, 0.05) is 0 Å². The highest BCUT2D eigenvalue weighted by atomic mass is 14.2. The third-order valence-corrected chi connectivity index (χ3v) is 11.6. The van der Waals surface area contributed by atoms with E-state index in [1.165, 1.54) is 109 Å². The maximum absolute atomic E-state index is 2.46. The summed E-state index contributed by atoms with van der Waals surface area (Å²) in [5.74, 6) is 0. The Hall–Kier alpha value is -7.28. The van der Waals surface area contributed by atoms with Crippen molar-refractivity contribution >= 4 is 53.9 Å². The van der Waals surface area contributed by atoms with Crippen LogP contribution in [0.15, 0.2) is 218 Å². The van der Waals surface area contributed by atoms with Crippen molar-refractivity contribution < 1.29 is 0 Å². The largest absolute Gasteiger partial charge is 0.0622 e. The van der Waals surface area contributed by atoms with Gasteiger partial charge in [-0.3, -0.25) is 0 Å². The van der Waals surface area contributed by atoms with Crippen LogP contribution in [-0.2, 0) is 0 Å². The van der Waals surface area contributed by atoms with Crippen LogP contribution in [0, 0.1) is 0 Å². The van der Waals surface area contributed by atoms with Crippen molar-refractivity contribution in [3.05, 3.63) is 218 Å². The fourth-order valence-electron chi connectivity index (χ4n) is 8.97. The Bertz CT molecular complexity index is 3290. The molecule has 0 heteroatoms. The van der Waals surface area contributed by atoms with Crippen LogP contribution in [0.5, 0.6) is 0 Å². The lowest BCUT2D eigenvalue weighted by Crippen LogP contribution is -1.94. The van der Waals surface area contributed by atoms with Crippen molar-refractivity contribution in [1.82, 2.24) is 0 Å². The maximum Gasteiger partial charge on any atom is -0.00201 e. The zero-order valence-electron chi connectivity index (χ0n) is 30.8. The molecule has 0 spiro atoms. The Labute approximate surface area is 326 Å². The van der Waals surface area contributed by atoms with Crippen molar-refractivity contribution in [3.63, 3.8) is 0 Å². The van der Waals surface area contributed by atoms with Crippen LogP contribution >= 0.6 is 0 Å². The topological polar surface area (TPSA) is 0 Å². The van der Waals surface area contributed by atoms with Gasteiger partial charge in [0.1, 0.15) is 0 Å². The fraction of sp³-hybridized carbons (Fsp3) is 0. The van der Waals surface area contributed by atoms with E-state index in [9.17, 15) is 0 Å². The monoisotopic (exact) mass is 708 g/mol. The minimum atomic E-state index is 1.20. The zero-order chi connectivity index (χ0) is 37.0. The highest BCUT2D eigenvalue weighted by Crippen LogP contribution is 2.48. The van der Waals surface area contributed by atoms with E-state index < -0.39 is 0 Å². The summed E-state index contributed by atoms with van der Waals surface area (Å²) in [5.41, 5.74) is 12.2. The molecule has 11 aromatic rings. The molecule has 0 N–H and O–H groups in total. The lowest BCUT2D eigenvalue weighted by atomic mass is 9.82. The van der Waals surface area contributed by atoms with Crippen LogP contribution in [0.25, 0.3) is 109 Å². The molecule has 260 valence electrons. The molecule has 0 aliphatic heterocycles. The molecule has 11 aromatic carbocycles. The van der Waals surface area contributed by atoms with Crippen LogP contribution in [-0.4, -0.2) is 0 Å². The van der Waals surface area contributed by atoms with Crippen LogP contribution < -0.4 is 0 Å². The normalized spacial score (nSPS) is 11.6. The molecule has 0 unspecified atom stereocenters. The van der Waals surface area contributed by atoms with Gasteiger partial charge in [0.15, 0.2) is 0 Å². The molecule has 56 heavy (non-hydrogen) atoms. The minimum absolute atomic E-state index is 1.20. The van der Waals surface area contributed by atoms with E-state index in [4.69, 9.17) is 0 Å². The smallest absolute Gasteiger partial charge is 0.00201 e. The molecule has 0 atom stereocenters. The Balaban J connectivity index is 1.27. The predicted octanol–water partition coefficient (Wildman–Crippen LogP) is 15.8. The van der Waals surface area contributed by atoms with Gasteiger partial charge in [0.25, 0.3) is 0 Å². The maximum atomic E-state index is 2.46. The van der Waals surface area contributed by atoms with Gasteiger partial charge in [-0.15, -0.1) is 0 Å². The minimum Gasteiger partial charge on any atom is -0.0622 e. The fourth-order valence-corrected chi connectivity index (χ4v) is 8.97. The summed E-state index contributed by atoms with van der Waals surface area (Å²) < 4.78 is 0. The Morgan fingerprint density at radius 1 is 0.179 bits per heavy atom. The third kappa shape index (κ3) is 5.38. The summed E-state index contributed by atoms with van der Waals surface area (Å²) in [6.07, 6.45) is 0. The number of benzene rings is 11. The molecule has 0 fully saturated rings. The lowest BCUT2D eigenvalue weighted by molar-refractivity contribution is 1.59. The van der Waals surface area contributed by atoms with Crippen LogP contribution in [0.4, 0.5) is 0 Å². The summed E-state index contributed by atoms with van der Waals surface area (Å²) >= 11 is 0. The summed E-state index contributed by atoms with van der Waals surface area (Å²) in [5, 5.41) is 12.5. The van der Waals surface area contributed by atoms with E-state index in [1.807, 2.05) is 0 Å². The Kier molecular flexibility index (Phi) is 7.60. The van der Waals surface area contributed by atoms with Gasteiger partial charge >= 0.3 is 0 Å². The molecule has 0 aliphatic carbocycles. The lowest BCUT2D eigenvalue weighted by Gasteiger charge is -2.21. The summed E-state index contributed by atoms with van der Waals surface area (Å²) in [7, 11) is 0. The van der Waals surface area contributed by atoms with Crippen molar-refractivity contribution in [2.24, 2.45) is 0 Å². The average Bonchev–Trinajstić information content (AvgIpc) is 3.27. The summed E-state index contributed by atoms with van der Waals surface area (Å²) in [6.45, 7) is 0. The molecule has 11 rings (SSSR count). The summed E-state index contributed by atoms with van der Waals surface area (Å²) in [4.78, 5) is 0. The standard InChI is InChI=1S/C56H36/c1-2-14-37(15-3-1)44-33-45(42-29-28-38-16-4-5-19-41(38)32-42)35-46(34-44)55-51-24-10-11-25-52(51)56(50-27-13-21-40-18-7-9-23-48(40)50)53-31-30-43(36-54(53)55)49-26-12-20-39-17-6-8-22-47(39)49/h1-36H. The summed E-state index contributed by atoms with van der Waals surface area (Å²) in [6, 6.07) is 80.6. The quantitative estimate of drug-likeness (QED) is 0.156. The SMILES string of the molecule is c1ccc(-c2cc(-c3ccc4ccccc4c3)cc(-c3c4ccccc4c(-c4cccc5ccccc45)c4ccc(-c5cccc6ccccc56)cc34)c2)cc1. The van der Waals surface area contributed by atoms with Crippen LogP contribution in [0.1, 0.15) is 0 Å². The highest BCUT2D eigenvalue weighted by molar-refractivity contribution is 6.24. The van der Waals surface area contributed by atoms with E-state index in [0.717, 1.165) is 0 Å². The second-order valence-electron chi connectivity index (χ2n) is 14.8. The first kappa shape index (κ1) is 32.2. The number of rotatable bonds is 5. The molecular weight excluding hydrogens is 673 g/mol. The van der Waals surface area contributed by atoms with Crippen molar-refractivity contribution in [2.75, 3.05) is 0 Å². The van der Waals surface area contributed by atoms with Gasteiger partial charge in [-0.1, -0.05) is 188 Å². The van der Waals surface area contributed by atoms with Gasteiger partial charge < -0.3 is 0 Å². The van der Waals surface area contributed by atoms with Crippen molar-refractivity contribution in [1.29, 1.82) is 0 Å². The van der Waals surface area contributed by atoms with E-state index in [0.29, 0.717) is 0 Å². The molecule has 0 nitrogen and oxygen atoms in total.